The Labute approximate surface area is 113 Å². The highest BCUT2D eigenvalue weighted by Gasteiger charge is 2.03. The lowest BCUT2D eigenvalue weighted by atomic mass is 10.2. The monoisotopic (exact) mass is 263 g/mol. The van der Waals surface area contributed by atoms with E-state index in [-0.39, 0.29) is 11.8 Å². The number of carbonyl (C=O) groups excluding carboxylic acids is 2. The van der Waals surface area contributed by atoms with Gasteiger partial charge in [0.1, 0.15) is 0 Å². The van der Waals surface area contributed by atoms with E-state index >= 15 is 0 Å². The summed E-state index contributed by atoms with van der Waals surface area (Å²) in [6.45, 7) is 4.96. The molecule has 1 aromatic carbocycles. The van der Waals surface area contributed by atoms with Gasteiger partial charge in [0.05, 0.1) is 6.54 Å². The van der Waals surface area contributed by atoms with Crippen molar-refractivity contribution < 1.29 is 9.59 Å². The summed E-state index contributed by atoms with van der Waals surface area (Å²) in [4.78, 5) is 22.9. The van der Waals surface area contributed by atoms with Gasteiger partial charge in [-0.25, -0.2) is 0 Å². The number of hydrogen-bond acceptors (Lipinski definition) is 3. The van der Waals surface area contributed by atoms with E-state index in [9.17, 15) is 9.59 Å². The quantitative estimate of drug-likeness (QED) is 0.704. The van der Waals surface area contributed by atoms with Crippen molar-refractivity contribution in [3.63, 3.8) is 0 Å². The highest BCUT2D eigenvalue weighted by atomic mass is 16.2. The zero-order valence-electron chi connectivity index (χ0n) is 11.5. The van der Waals surface area contributed by atoms with Gasteiger partial charge in [-0.15, -0.1) is 0 Å². The molecule has 0 aliphatic carbocycles. The summed E-state index contributed by atoms with van der Waals surface area (Å²) < 4.78 is 0. The van der Waals surface area contributed by atoms with E-state index in [1.807, 2.05) is 13.8 Å². The summed E-state index contributed by atoms with van der Waals surface area (Å²) in [7, 11) is 0. The first-order valence-corrected chi connectivity index (χ1v) is 6.56. The molecule has 19 heavy (non-hydrogen) atoms. The molecule has 1 rings (SSSR count). The fourth-order valence-corrected chi connectivity index (χ4v) is 1.53. The predicted molar refractivity (Wildman–Crippen MR) is 77.2 cm³/mol. The third-order valence-electron chi connectivity index (χ3n) is 2.47. The van der Waals surface area contributed by atoms with Crippen molar-refractivity contribution in [3.05, 3.63) is 24.3 Å². The van der Waals surface area contributed by atoms with E-state index in [4.69, 9.17) is 0 Å². The summed E-state index contributed by atoms with van der Waals surface area (Å²) in [6, 6.07) is 7.09. The molecule has 0 spiro atoms. The number of amides is 2. The molecule has 1 aromatic rings. The first-order valence-electron chi connectivity index (χ1n) is 6.56. The molecule has 0 bridgehead atoms. The van der Waals surface area contributed by atoms with Crippen LogP contribution in [0.2, 0.25) is 0 Å². The average Bonchev–Trinajstić information content (AvgIpc) is 2.39. The standard InChI is InChI=1S/C14H21N3O2/c1-3-5-13(18)16-11-6-8-12(9-7-11)17-14(19)10-15-4-2/h6-9,15H,3-5,10H2,1-2H3,(H,16,18)(H,17,19). The van der Waals surface area contributed by atoms with E-state index in [0.29, 0.717) is 13.0 Å². The molecule has 0 radical (unpaired) electrons. The van der Waals surface area contributed by atoms with Crippen LogP contribution in [0.15, 0.2) is 24.3 Å². The van der Waals surface area contributed by atoms with Crippen LogP contribution in [0.5, 0.6) is 0 Å². The molecule has 0 fully saturated rings. The minimum absolute atomic E-state index is 0.00595. The third-order valence-corrected chi connectivity index (χ3v) is 2.47. The summed E-state index contributed by atoms with van der Waals surface area (Å²) in [5, 5.41) is 8.51. The van der Waals surface area contributed by atoms with Crippen molar-refractivity contribution in [2.24, 2.45) is 0 Å². The Morgan fingerprint density at radius 2 is 1.47 bits per heavy atom. The van der Waals surface area contributed by atoms with Crippen LogP contribution in [-0.4, -0.2) is 24.9 Å². The molecule has 0 saturated heterocycles. The highest BCUT2D eigenvalue weighted by Crippen LogP contribution is 2.13. The van der Waals surface area contributed by atoms with E-state index < -0.39 is 0 Å². The maximum absolute atomic E-state index is 11.5. The van der Waals surface area contributed by atoms with Crippen LogP contribution >= 0.6 is 0 Å². The van der Waals surface area contributed by atoms with E-state index in [2.05, 4.69) is 16.0 Å². The molecule has 104 valence electrons. The molecule has 0 unspecified atom stereocenters. The maximum atomic E-state index is 11.5. The Balaban J connectivity index is 2.47. The third kappa shape index (κ3) is 6.01. The molecule has 0 heterocycles. The average molecular weight is 263 g/mol. The SMILES string of the molecule is CCCC(=O)Nc1ccc(NC(=O)CNCC)cc1. The van der Waals surface area contributed by atoms with Gasteiger partial charge in [-0.3, -0.25) is 9.59 Å². The molecule has 5 heteroatoms. The van der Waals surface area contributed by atoms with Gasteiger partial charge in [0.25, 0.3) is 0 Å². The van der Waals surface area contributed by atoms with Crippen LogP contribution in [0.3, 0.4) is 0 Å². The Kier molecular flexibility index (Phi) is 6.60. The number of carbonyl (C=O) groups is 2. The largest absolute Gasteiger partial charge is 0.326 e. The van der Waals surface area contributed by atoms with Crippen LogP contribution in [-0.2, 0) is 9.59 Å². The number of nitrogens with one attached hydrogen (secondary N) is 3. The zero-order chi connectivity index (χ0) is 14.1. The number of anilines is 2. The molecular weight excluding hydrogens is 242 g/mol. The van der Waals surface area contributed by atoms with Crippen molar-refractivity contribution in [1.82, 2.24) is 5.32 Å². The highest BCUT2D eigenvalue weighted by molar-refractivity contribution is 5.93. The van der Waals surface area contributed by atoms with Gasteiger partial charge < -0.3 is 16.0 Å². The van der Waals surface area contributed by atoms with Crippen molar-refractivity contribution in [1.29, 1.82) is 0 Å². The summed E-state index contributed by atoms with van der Waals surface area (Å²) in [6.07, 6.45) is 1.34. The Hall–Kier alpha value is -1.88. The number of benzene rings is 1. The van der Waals surface area contributed by atoms with Crippen molar-refractivity contribution >= 4 is 23.2 Å². The first-order chi connectivity index (χ1) is 9.15. The summed E-state index contributed by atoms with van der Waals surface area (Å²) in [5.41, 5.74) is 1.46. The normalized spacial score (nSPS) is 10.0. The van der Waals surface area contributed by atoms with Gasteiger partial charge in [0, 0.05) is 17.8 Å². The lowest BCUT2D eigenvalue weighted by Gasteiger charge is -2.08. The molecule has 0 saturated carbocycles. The van der Waals surface area contributed by atoms with E-state index in [1.165, 1.54) is 0 Å². The van der Waals surface area contributed by atoms with E-state index in [1.54, 1.807) is 24.3 Å². The van der Waals surface area contributed by atoms with Crippen molar-refractivity contribution in [2.75, 3.05) is 23.7 Å². The van der Waals surface area contributed by atoms with E-state index in [0.717, 1.165) is 24.3 Å². The van der Waals surface area contributed by atoms with Gasteiger partial charge in [0.15, 0.2) is 0 Å². The van der Waals surface area contributed by atoms with Gasteiger partial charge in [-0.2, -0.15) is 0 Å². The van der Waals surface area contributed by atoms with Gasteiger partial charge in [0.2, 0.25) is 11.8 Å². The zero-order valence-corrected chi connectivity index (χ0v) is 11.5. The maximum Gasteiger partial charge on any atom is 0.238 e. The van der Waals surface area contributed by atoms with Crippen LogP contribution < -0.4 is 16.0 Å². The second-order valence-electron chi connectivity index (χ2n) is 4.20. The number of likely N-dealkylation sites (N-methyl/N-ethyl adjacent to an activating group) is 1. The first kappa shape index (κ1) is 15.2. The Morgan fingerprint density at radius 3 is 1.95 bits per heavy atom. The van der Waals surface area contributed by atoms with Crippen molar-refractivity contribution in [2.45, 2.75) is 26.7 Å². The molecule has 2 amide bonds. The Morgan fingerprint density at radius 1 is 0.947 bits per heavy atom. The summed E-state index contributed by atoms with van der Waals surface area (Å²) >= 11 is 0. The molecule has 0 aliphatic rings. The second kappa shape index (κ2) is 8.26. The molecular formula is C14H21N3O2. The Bertz CT molecular complexity index is 415. The van der Waals surface area contributed by atoms with Gasteiger partial charge >= 0.3 is 0 Å². The van der Waals surface area contributed by atoms with Crippen LogP contribution in [0.4, 0.5) is 11.4 Å². The van der Waals surface area contributed by atoms with Crippen LogP contribution in [0, 0.1) is 0 Å². The number of rotatable bonds is 7. The minimum Gasteiger partial charge on any atom is -0.326 e. The van der Waals surface area contributed by atoms with Crippen LogP contribution in [0.1, 0.15) is 26.7 Å². The molecule has 3 N–H and O–H groups in total. The number of hydrogen-bond donors (Lipinski definition) is 3. The predicted octanol–water partition coefficient (Wildman–Crippen LogP) is 1.97. The fraction of sp³-hybridized carbons (Fsp3) is 0.429. The topological polar surface area (TPSA) is 70.2 Å². The van der Waals surface area contributed by atoms with Gasteiger partial charge in [-0.1, -0.05) is 13.8 Å². The molecule has 0 aromatic heterocycles. The molecule has 0 atom stereocenters. The lowest BCUT2D eigenvalue weighted by molar-refractivity contribution is -0.116. The van der Waals surface area contributed by atoms with Crippen LogP contribution in [0.25, 0.3) is 0 Å². The van der Waals surface area contributed by atoms with Gasteiger partial charge in [-0.05, 0) is 37.2 Å². The fourth-order valence-electron chi connectivity index (χ4n) is 1.53. The second-order valence-corrected chi connectivity index (χ2v) is 4.20. The molecule has 5 nitrogen and oxygen atoms in total. The lowest BCUT2D eigenvalue weighted by Crippen LogP contribution is -2.27. The minimum atomic E-state index is -0.0791. The summed E-state index contributed by atoms with van der Waals surface area (Å²) in [5.74, 6) is -0.0731. The smallest absolute Gasteiger partial charge is 0.238 e. The molecule has 0 aliphatic heterocycles. The van der Waals surface area contributed by atoms with Crippen molar-refractivity contribution in [3.8, 4) is 0 Å².